The third-order valence-electron chi connectivity index (χ3n) is 6.04. The molecule has 1 amide bonds. The monoisotopic (exact) mass is 350 g/mol. The maximum atomic E-state index is 13.1. The lowest BCUT2D eigenvalue weighted by molar-refractivity contribution is -0.137. The first-order valence-electron chi connectivity index (χ1n) is 9.59. The maximum absolute atomic E-state index is 13.1. The molecule has 4 nitrogen and oxygen atoms in total. The highest BCUT2D eigenvalue weighted by Gasteiger charge is 2.39. The van der Waals surface area contributed by atoms with Crippen molar-refractivity contribution in [1.29, 1.82) is 0 Å². The molecule has 0 radical (unpaired) electrons. The number of likely N-dealkylation sites (tertiary alicyclic amines) is 1. The summed E-state index contributed by atoms with van der Waals surface area (Å²) >= 11 is 0. The molecule has 1 fully saturated rings. The molecule has 26 heavy (non-hydrogen) atoms. The standard InChI is InChI=1S/C22H26N2O2/c1-16-6-2-3-10-19(16)22(26)11-14-24(15-12-22)21(25)18-9-4-7-17-8-5-13-23-20(17)18/h2-3,5-6,8,10,13,18,26H,4,7,9,11-12,14-15H2,1H3. The van der Waals surface area contributed by atoms with Gasteiger partial charge in [0.25, 0.3) is 0 Å². The molecule has 2 aromatic rings. The lowest BCUT2D eigenvalue weighted by Gasteiger charge is -2.40. The fraction of sp³-hybridized carbons (Fsp3) is 0.455. The van der Waals surface area contributed by atoms with Crippen LogP contribution in [0.2, 0.25) is 0 Å². The largest absolute Gasteiger partial charge is 0.385 e. The van der Waals surface area contributed by atoms with Crippen LogP contribution in [0.4, 0.5) is 0 Å². The summed E-state index contributed by atoms with van der Waals surface area (Å²) in [5.74, 6) is 0.0566. The Bertz CT molecular complexity index is 809. The number of carbonyl (C=O) groups excluding carboxylic acids is 1. The van der Waals surface area contributed by atoms with Gasteiger partial charge in [-0.1, -0.05) is 30.3 Å². The first-order chi connectivity index (χ1) is 12.6. The predicted octanol–water partition coefficient (Wildman–Crippen LogP) is 3.32. The minimum atomic E-state index is -0.829. The fourth-order valence-electron chi connectivity index (χ4n) is 4.53. The Labute approximate surface area is 154 Å². The van der Waals surface area contributed by atoms with Crippen molar-refractivity contribution >= 4 is 5.91 Å². The van der Waals surface area contributed by atoms with Crippen LogP contribution in [-0.4, -0.2) is 34.0 Å². The number of aryl methyl sites for hydroxylation is 2. The van der Waals surface area contributed by atoms with Crippen LogP contribution >= 0.6 is 0 Å². The number of benzene rings is 1. The number of amides is 1. The van der Waals surface area contributed by atoms with Gasteiger partial charge in [0.2, 0.25) is 5.91 Å². The summed E-state index contributed by atoms with van der Waals surface area (Å²) in [6.07, 6.45) is 5.89. The van der Waals surface area contributed by atoms with Gasteiger partial charge in [-0.25, -0.2) is 0 Å². The average Bonchev–Trinajstić information content (AvgIpc) is 2.68. The molecule has 1 aromatic heterocycles. The predicted molar refractivity (Wildman–Crippen MR) is 101 cm³/mol. The second-order valence-electron chi connectivity index (χ2n) is 7.66. The first-order valence-corrected chi connectivity index (χ1v) is 9.59. The molecular weight excluding hydrogens is 324 g/mol. The number of carbonyl (C=O) groups is 1. The smallest absolute Gasteiger partial charge is 0.231 e. The van der Waals surface area contributed by atoms with Crippen molar-refractivity contribution < 1.29 is 9.90 Å². The van der Waals surface area contributed by atoms with Crippen LogP contribution in [0.15, 0.2) is 42.6 Å². The summed E-state index contributed by atoms with van der Waals surface area (Å²) < 4.78 is 0. The normalized spacial score (nSPS) is 21.9. The minimum Gasteiger partial charge on any atom is -0.385 e. The fourth-order valence-corrected chi connectivity index (χ4v) is 4.53. The highest BCUT2D eigenvalue weighted by molar-refractivity contribution is 5.84. The van der Waals surface area contributed by atoms with Gasteiger partial charge in [-0.05, 0) is 61.8 Å². The Morgan fingerprint density at radius 2 is 1.96 bits per heavy atom. The second kappa shape index (κ2) is 6.84. The number of nitrogens with zero attached hydrogens (tertiary/aromatic N) is 2. The highest BCUT2D eigenvalue weighted by Crippen LogP contribution is 2.37. The molecule has 2 aliphatic rings. The van der Waals surface area contributed by atoms with Gasteiger partial charge in [0.1, 0.15) is 0 Å². The molecule has 0 bridgehead atoms. The van der Waals surface area contributed by atoms with Crippen LogP contribution < -0.4 is 0 Å². The van der Waals surface area contributed by atoms with Crippen LogP contribution in [0.3, 0.4) is 0 Å². The van der Waals surface area contributed by atoms with Gasteiger partial charge in [-0.3, -0.25) is 9.78 Å². The van der Waals surface area contributed by atoms with E-state index in [4.69, 9.17) is 0 Å². The van der Waals surface area contributed by atoms with Gasteiger partial charge in [-0.2, -0.15) is 0 Å². The van der Waals surface area contributed by atoms with E-state index in [0.29, 0.717) is 25.9 Å². The van der Waals surface area contributed by atoms with Crippen molar-refractivity contribution in [3.8, 4) is 0 Å². The summed E-state index contributed by atoms with van der Waals surface area (Å²) in [6, 6.07) is 12.1. The van der Waals surface area contributed by atoms with Gasteiger partial charge in [0, 0.05) is 19.3 Å². The van der Waals surface area contributed by atoms with Crippen LogP contribution in [0.1, 0.15) is 54.0 Å². The van der Waals surface area contributed by atoms with E-state index in [1.807, 2.05) is 42.2 Å². The number of aromatic nitrogens is 1. The Hall–Kier alpha value is -2.20. The summed E-state index contributed by atoms with van der Waals surface area (Å²) in [5, 5.41) is 11.1. The van der Waals surface area contributed by atoms with Gasteiger partial charge in [-0.15, -0.1) is 0 Å². The zero-order chi connectivity index (χ0) is 18.1. The topological polar surface area (TPSA) is 53.4 Å². The molecule has 1 N–H and O–H groups in total. The minimum absolute atomic E-state index is 0.121. The SMILES string of the molecule is Cc1ccccc1C1(O)CCN(C(=O)C2CCCc3cccnc32)CC1. The van der Waals surface area contributed by atoms with Crippen molar-refractivity contribution in [2.24, 2.45) is 0 Å². The third-order valence-corrected chi connectivity index (χ3v) is 6.04. The zero-order valence-electron chi connectivity index (χ0n) is 15.3. The number of piperidine rings is 1. The molecule has 2 heterocycles. The summed E-state index contributed by atoms with van der Waals surface area (Å²) in [7, 11) is 0. The van der Waals surface area contributed by atoms with Crippen molar-refractivity contribution in [2.75, 3.05) is 13.1 Å². The molecule has 1 atom stereocenters. The Morgan fingerprint density at radius 3 is 2.73 bits per heavy atom. The number of hydrogen-bond acceptors (Lipinski definition) is 3. The molecule has 0 spiro atoms. The first kappa shape index (κ1) is 17.2. The Morgan fingerprint density at radius 1 is 1.19 bits per heavy atom. The highest BCUT2D eigenvalue weighted by atomic mass is 16.3. The Kier molecular flexibility index (Phi) is 4.53. The van der Waals surface area contributed by atoms with Crippen LogP contribution in [0, 0.1) is 6.92 Å². The molecule has 1 saturated heterocycles. The van der Waals surface area contributed by atoms with Crippen molar-refractivity contribution in [3.63, 3.8) is 0 Å². The quantitative estimate of drug-likeness (QED) is 0.904. The van der Waals surface area contributed by atoms with E-state index >= 15 is 0 Å². The zero-order valence-corrected chi connectivity index (χ0v) is 15.3. The average molecular weight is 350 g/mol. The van der Waals surface area contributed by atoms with Gasteiger partial charge in [0.15, 0.2) is 0 Å². The number of aliphatic hydroxyl groups is 1. The second-order valence-corrected chi connectivity index (χ2v) is 7.66. The summed E-state index contributed by atoms with van der Waals surface area (Å²) in [4.78, 5) is 19.6. The molecule has 1 aromatic carbocycles. The molecule has 136 valence electrons. The number of pyridine rings is 1. The number of rotatable bonds is 2. The molecule has 4 heteroatoms. The molecule has 1 aliphatic heterocycles. The van der Waals surface area contributed by atoms with Crippen LogP contribution in [0.25, 0.3) is 0 Å². The molecule has 0 saturated carbocycles. The van der Waals surface area contributed by atoms with Crippen molar-refractivity contribution in [2.45, 2.75) is 50.5 Å². The van der Waals surface area contributed by atoms with Gasteiger partial charge >= 0.3 is 0 Å². The van der Waals surface area contributed by atoms with E-state index in [1.165, 1.54) is 5.56 Å². The van der Waals surface area contributed by atoms with Crippen LogP contribution in [-0.2, 0) is 16.8 Å². The van der Waals surface area contributed by atoms with E-state index in [-0.39, 0.29) is 11.8 Å². The summed E-state index contributed by atoms with van der Waals surface area (Å²) in [6.45, 7) is 3.24. The maximum Gasteiger partial charge on any atom is 0.231 e. The van der Waals surface area contributed by atoms with E-state index in [2.05, 4.69) is 11.1 Å². The van der Waals surface area contributed by atoms with Gasteiger partial charge < -0.3 is 10.0 Å². The van der Waals surface area contributed by atoms with Crippen molar-refractivity contribution in [1.82, 2.24) is 9.88 Å². The summed E-state index contributed by atoms with van der Waals surface area (Å²) in [5.41, 5.74) is 3.45. The molecule has 1 unspecified atom stereocenters. The third kappa shape index (κ3) is 3.03. The lowest BCUT2D eigenvalue weighted by atomic mass is 9.81. The van der Waals surface area contributed by atoms with E-state index in [1.54, 1.807) is 6.20 Å². The van der Waals surface area contributed by atoms with E-state index in [0.717, 1.165) is 36.1 Å². The molecule has 1 aliphatic carbocycles. The van der Waals surface area contributed by atoms with Gasteiger partial charge in [0.05, 0.1) is 17.2 Å². The lowest BCUT2D eigenvalue weighted by Crippen LogP contribution is -2.47. The number of hydrogen-bond donors (Lipinski definition) is 1. The molecule has 4 rings (SSSR count). The van der Waals surface area contributed by atoms with E-state index in [9.17, 15) is 9.90 Å². The number of fused-ring (bicyclic) bond motifs is 1. The van der Waals surface area contributed by atoms with Crippen molar-refractivity contribution in [3.05, 3.63) is 65.0 Å². The van der Waals surface area contributed by atoms with Crippen LogP contribution in [0.5, 0.6) is 0 Å². The Balaban J connectivity index is 1.49. The molecular formula is C22H26N2O2. The van der Waals surface area contributed by atoms with E-state index < -0.39 is 5.60 Å².